The van der Waals surface area contributed by atoms with Crippen LogP contribution in [0.15, 0.2) is 18.2 Å². The molecule has 0 unspecified atom stereocenters. The molecule has 0 fully saturated rings. The van der Waals surface area contributed by atoms with E-state index < -0.39 is 29.6 Å². The molecule has 1 heterocycles. The van der Waals surface area contributed by atoms with Crippen LogP contribution in [0.4, 0.5) is 10.1 Å². The number of carbonyl (C=O) groups is 3. The predicted octanol–water partition coefficient (Wildman–Crippen LogP) is 1.81. The highest BCUT2D eigenvalue weighted by Crippen LogP contribution is 2.23. The number of nitriles is 1. The van der Waals surface area contributed by atoms with Gasteiger partial charge in [-0.2, -0.15) is 5.26 Å². The summed E-state index contributed by atoms with van der Waals surface area (Å²) in [5.74, 6) is -0.971. The number of halogens is 1. The molecule has 154 valence electrons. The van der Waals surface area contributed by atoms with Gasteiger partial charge in [0.25, 0.3) is 17.6 Å². The minimum Gasteiger partial charge on any atom is -0.350 e. The van der Waals surface area contributed by atoms with Crippen LogP contribution in [0.3, 0.4) is 0 Å². The third-order valence-electron chi connectivity index (χ3n) is 4.57. The van der Waals surface area contributed by atoms with Crippen molar-refractivity contribution in [1.82, 2.24) is 9.88 Å². The number of hydrogen-bond donors (Lipinski definition) is 2. The lowest BCUT2D eigenvalue weighted by molar-refractivity contribution is -0.119. The number of hydrogen-bond acceptors (Lipinski definition) is 5. The number of carbonyl (C=O) groups excluding carboxylic acids is 3. The summed E-state index contributed by atoms with van der Waals surface area (Å²) in [6.07, 6.45) is 4.13. The normalized spacial score (nSPS) is 11.2. The molecule has 1 aromatic heterocycles. The summed E-state index contributed by atoms with van der Waals surface area (Å²) in [6.45, 7) is 3.12. The molecule has 2 aromatic rings. The molecular weight excluding hydrogens is 391 g/mol. The summed E-state index contributed by atoms with van der Waals surface area (Å²) < 4.78 is 19.8. The largest absolute Gasteiger partial charge is 0.350 e. The van der Waals surface area contributed by atoms with E-state index in [1.54, 1.807) is 20.0 Å². The van der Waals surface area contributed by atoms with Gasteiger partial charge in [-0.3, -0.25) is 14.4 Å². The highest BCUT2D eigenvalue weighted by Gasteiger charge is 2.29. The standard InChI is InChI=1S/C21H19FN4O4/c1-6-16(30-5)25-21(29)19(27)17-11(2)18(26(4)12(17)3)20(28)24-14-7-8-15(22)13(9-14)10-23/h1,7-9,16H,2-5H3,(H,24,28)(H,25,29)/t16-/m1/s1. The Labute approximate surface area is 172 Å². The first-order valence-corrected chi connectivity index (χ1v) is 8.67. The molecule has 2 amide bonds. The number of terminal acetylenes is 1. The van der Waals surface area contributed by atoms with Gasteiger partial charge in [0.2, 0.25) is 0 Å². The van der Waals surface area contributed by atoms with E-state index >= 15 is 0 Å². The quantitative estimate of drug-likeness (QED) is 0.326. The molecule has 0 bridgehead atoms. The monoisotopic (exact) mass is 410 g/mol. The number of nitrogens with one attached hydrogen (secondary N) is 2. The van der Waals surface area contributed by atoms with Crippen molar-refractivity contribution in [2.75, 3.05) is 12.4 Å². The summed E-state index contributed by atoms with van der Waals surface area (Å²) in [5, 5.41) is 13.8. The zero-order chi connectivity index (χ0) is 22.6. The Kier molecular flexibility index (Phi) is 6.73. The molecule has 0 saturated carbocycles. The van der Waals surface area contributed by atoms with Crippen molar-refractivity contribution in [2.24, 2.45) is 7.05 Å². The predicted molar refractivity (Wildman–Crippen MR) is 106 cm³/mol. The maximum atomic E-state index is 13.5. The number of rotatable bonds is 6. The van der Waals surface area contributed by atoms with E-state index in [0.717, 1.165) is 6.07 Å². The van der Waals surface area contributed by atoms with Gasteiger partial charge < -0.3 is 19.9 Å². The van der Waals surface area contributed by atoms with Crippen molar-refractivity contribution >= 4 is 23.3 Å². The molecule has 0 aliphatic carbocycles. The first-order chi connectivity index (χ1) is 14.2. The van der Waals surface area contributed by atoms with Crippen LogP contribution in [0.1, 0.15) is 37.7 Å². The molecule has 2 rings (SSSR count). The fourth-order valence-corrected chi connectivity index (χ4v) is 2.98. The molecule has 0 aliphatic rings. The summed E-state index contributed by atoms with van der Waals surface area (Å²) in [6, 6.07) is 5.26. The topological polar surface area (TPSA) is 113 Å². The first-order valence-electron chi connectivity index (χ1n) is 8.67. The molecule has 9 heteroatoms. The van der Waals surface area contributed by atoms with Crippen LogP contribution in [-0.2, 0) is 16.6 Å². The fraction of sp³-hybridized carbons (Fsp3) is 0.238. The Morgan fingerprint density at radius 3 is 2.53 bits per heavy atom. The van der Waals surface area contributed by atoms with E-state index in [4.69, 9.17) is 16.4 Å². The van der Waals surface area contributed by atoms with Crippen LogP contribution in [-0.4, -0.2) is 35.5 Å². The van der Waals surface area contributed by atoms with E-state index in [9.17, 15) is 18.8 Å². The second kappa shape index (κ2) is 9.03. The number of ether oxygens (including phenoxy) is 1. The third-order valence-corrected chi connectivity index (χ3v) is 4.57. The summed E-state index contributed by atoms with van der Waals surface area (Å²) in [7, 11) is 2.85. The van der Waals surface area contributed by atoms with Gasteiger partial charge in [-0.05, 0) is 37.6 Å². The Balaban J connectivity index is 2.37. The zero-order valence-electron chi connectivity index (χ0n) is 16.8. The Morgan fingerprint density at radius 1 is 1.30 bits per heavy atom. The van der Waals surface area contributed by atoms with Crippen LogP contribution in [0.2, 0.25) is 0 Å². The highest BCUT2D eigenvalue weighted by atomic mass is 19.1. The van der Waals surface area contributed by atoms with Gasteiger partial charge in [-0.25, -0.2) is 4.39 Å². The van der Waals surface area contributed by atoms with E-state index in [2.05, 4.69) is 16.6 Å². The van der Waals surface area contributed by atoms with Crippen LogP contribution in [0, 0.1) is 43.3 Å². The number of benzene rings is 1. The average molecular weight is 410 g/mol. The van der Waals surface area contributed by atoms with Crippen LogP contribution >= 0.6 is 0 Å². The average Bonchev–Trinajstić information content (AvgIpc) is 2.95. The molecule has 0 spiro atoms. The Bertz CT molecular complexity index is 1120. The van der Waals surface area contributed by atoms with Crippen LogP contribution in [0.25, 0.3) is 0 Å². The number of anilines is 1. The van der Waals surface area contributed by atoms with E-state index in [0.29, 0.717) is 5.69 Å². The minimum absolute atomic E-state index is 0.0591. The van der Waals surface area contributed by atoms with Crippen molar-refractivity contribution in [2.45, 2.75) is 20.1 Å². The lowest BCUT2D eigenvalue weighted by Crippen LogP contribution is -2.39. The van der Waals surface area contributed by atoms with Crippen LogP contribution < -0.4 is 10.6 Å². The first kappa shape index (κ1) is 22.3. The lowest BCUT2D eigenvalue weighted by atomic mass is 10.0. The fourth-order valence-electron chi connectivity index (χ4n) is 2.98. The van der Waals surface area contributed by atoms with Crippen LogP contribution in [0.5, 0.6) is 0 Å². The second-order valence-corrected chi connectivity index (χ2v) is 6.34. The number of nitrogens with zero attached hydrogens (tertiary/aromatic N) is 2. The van der Waals surface area contributed by atoms with E-state index in [1.165, 1.54) is 30.7 Å². The number of amides is 2. The van der Waals surface area contributed by atoms with Gasteiger partial charge in [0.1, 0.15) is 17.6 Å². The Hall–Kier alpha value is -3.95. The molecular formula is C21H19FN4O4. The smallest absolute Gasteiger partial charge is 0.295 e. The third kappa shape index (κ3) is 4.22. The maximum Gasteiger partial charge on any atom is 0.295 e. The molecule has 0 aliphatic heterocycles. The van der Waals surface area contributed by atoms with Crippen molar-refractivity contribution in [3.8, 4) is 18.4 Å². The molecule has 8 nitrogen and oxygen atoms in total. The van der Waals surface area contributed by atoms with Crippen molar-refractivity contribution in [3.05, 3.63) is 52.1 Å². The summed E-state index contributed by atoms with van der Waals surface area (Å²) in [4.78, 5) is 37.7. The molecule has 2 N–H and O–H groups in total. The van der Waals surface area contributed by atoms with Gasteiger partial charge in [0.15, 0.2) is 6.23 Å². The van der Waals surface area contributed by atoms with Gasteiger partial charge in [0.05, 0.1) is 11.1 Å². The SMILES string of the molecule is C#C[C@H](NC(=O)C(=O)c1c(C)c(C(=O)Nc2ccc(F)c(C#N)c2)n(C)c1C)OC. The maximum absolute atomic E-state index is 13.5. The number of methoxy groups -OCH3 is 1. The number of aromatic nitrogens is 1. The van der Waals surface area contributed by atoms with Gasteiger partial charge >= 0.3 is 0 Å². The lowest BCUT2D eigenvalue weighted by Gasteiger charge is -2.10. The van der Waals surface area contributed by atoms with Crippen molar-refractivity contribution in [3.63, 3.8) is 0 Å². The minimum atomic E-state index is -1.07. The van der Waals surface area contributed by atoms with Gasteiger partial charge in [-0.15, -0.1) is 6.42 Å². The van der Waals surface area contributed by atoms with E-state index in [1.807, 2.05) is 0 Å². The molecule has 0 radical (unpaired) electrons. The number of ketones is 1. The van der Waals surface area contributed by atoms with Crippen molar-refractivity contribution in [1.29, 1.82) is 5.26 Å². The van der Waals surface area contributed by atoms with E-state index in [-0.39, 0.29) is 28.1 Å². The Morgan fingerprint density at radius 2 is 1.97 bits per heavy atom. The summed E-state index contributed by atoms with van der Waals surface area (Å²) in [5.41, 5.74) is 0.852. The second-order valence-electron chi connectivity index (χ2n) is 6.34. The molecule has 30 heavy (non-hydrogen) atoms. The molecule has 1 aromatic carbocycles. The van der Waals surface area contributed by atoms with Gasteiger partial charge in [0, 0.05) is 25.5 Å². The highest BCUT2D eigenvalue weighted by molar-refractivity contribution is 6.43. The van der Waals surface area contributed by atoms with Crippen molar-refractivity contribution < 1.29 is 23.5 Å². The summed E-state index contributed by atoms with van der Waals surface area (Å²) >= 11 is 0. The van der Waals surface area contributed by atoms with Gasteiger partial charge in [-0.1, -0.05) is 5.92 Å². The number of Topliss-reactive ketones (excluding diaryl/α,β-unsaturated/α-hetero) is 1. The zero-order valence-corrected chi connectivity index (χ0v) is 16.8. The molecule has 0 saturated heterocycles. The molecule has 1 atom stereocenters.